The summed E-state index contributed by atoms with van der Waals surface area (Å²) in [5.74, 6) is -0.215. The molecule has 8 heteroatoms. The molecule has 0 aliphatic heterocycles. The van der Waals surface area contributed by atoms with Crippen molar-refractivity contribution in [2.45, 2.75) is 13.5 Å². The quantitative estimate of drug-likeness (QED) is 0.106. The normalized spacial score (nSPS) is 10.8. The summed E-state index contributed by atoms with van der Waals surface area (Å²) in [6, 6.07) is 26.4. The molecule has 37 heavy (non-hydrogen) atoms. The minimum atomic E-state index is -0.489. The van der Waals surface area contributed by atoms with E-state index in [0.29, 0.717) is 33.2 Å². The number of carbonyl (C=O) groups is 2. The highest BCUT2D eigenvalue weighted by Gasteiger charge is 2.14. The number of esters is 1. The first-order chi connectivity index (χ1) is 17.9. The van der Waals surface area contributed by atoms with Gasteiger partial charge in [0.25, 0.3) is 5.91 Å². The third-order valence-corrected chi connectivity index (χ3v) is 5.98. The number of hydrazone groups is 1. The minimum Gasteiger partial charge on any atom is -0.488 e. The van der Waals surface area contributed by atoms with Gasteiger partial charge in [-0.3, -0.25) is 4.79 Å². The van der Waals surface area contributed by atoms with Crippen LogP contribution < -0.4 is 14.9 Å². The first kappa shape index (κ1) is 26.1. The zero-order valence-corrected chi connectivity index (χ0v) is 22.1. The molecule has 0 radical (unpaired) electrons. The van der Waals surface area contributed by atoms with Crippen molar-refractivity contribution < 1.29 is 19.1 Å². The molecule has 186 valence electrons. The van der Waals surface area contributed by atoms with Crippen molar-refractivity contribution in [3.05, 3.63) is 128 Å². The highest BCUT2D eigenvalue weighted by molar-refractivity contribution is 9.10. The first-order valence-corrected chi connectivity index (χ1v) is 12.4. The predicted molar refractivity (Wildman–Crippen MR) is 148 cm³/mol. The summed E-state index contributed by atoms with van der Waals surface area (Å²) in [6.45, 7) is 2.18. The van der Waals surface area contributed by atoms with Gasteiger partial charge >= 0.3 is 5.97 Å². The molecule has 4 rings (SSSR count). The van der Waals surface area contributed by atoms with Crippen molar-refractivity contribution in [2.24, 2.45) is 5.10 Å². The Morgan fingerprint density at radius 3 is 2.51 bits per heavy atom. The summed E-state index contributed by atoms with van der Waals surface area (Å²) < 4.78 is 12.2. The second-order valence-corrected chi connectivity index (χ2v) is 9.40. The molecular weight excluding hydrogens is 556 g/mol. The molecule has 0 spiro atoms. The number of halogens is 2. The van der Waals surface area contributed by atoms with Crippen LogP contribution in [-0.2, 0) is 6.61 Å². The van der Waals surface area contributed by atoms with Gasteiger partial charge in [-0.15, -0.1) is 0 Å². The summed E-state index contributed by atoms with van der Waals surface area (Å²) in [4.78, 5) is 25.5. The van der Waals surface area contributed by atoms with Crippen LogP contribution in [0.2, 0.25) is 5.02 Å². The molecule has 1 N–H and O–H groups in total. The van der Waals surface area contributed by atoms with Crippen LogP contribution in [0.3, 0.4) is 0 Å². The van der Waals surface area contributed by atoms with Gasteiger partial charge in [0.2, 0.25) is 0 Å². The van der Waals surface area contributed by atoms with E-state index in [1.165, 1.54) is 6.21 Å². The average Bonchev–Trinajstić information content (AvgIpc) is 2.90. The van der Waals surface area contributed by atoms with E-state index in [0.717, 1.165) is 15.6 Å². The Morgan fingerprint density at radius 1 is 0.946 bits per heavy atom. The smallest absolute Gasteiger partial charge is 0.343 e. The van der Waals surface area contributed by atoms with Crippen molar-refractivity contribution >= 4 is 45.6 Å². The van der Waals surface area contributed by atoms with Crippen molar-refractivity contribution in [2.75, 3.05) is 0 Å². The minimum absolute atomic E-state index is 0.276. The van der Waals surface area contributed by atoms with Gasteiger partial charge in [0.1, 0.15) is 18.1 Å². The van der Waals surface area contributed by atoms with Crippen LogP contribution in [0.15, 0.2) is 101 Å². The van der Waals surface area contributed by atoms with E-state index >= 15 is 0 Å². The van der Waals surface area contributed by atoms with Crippen LogP contribution >= 0.6 is 27.5 Å². The first-order valence-electron chi connectivity index (χ1n) is 11.3. The zero-order valence-electron chi connectivity index (χ0n) is 19.8. The number of rotatable bonds is 8. The molecule has 0 unspecified atom stereocenters. The summed E-state index contributed by atoms with van der Waals surface area (Å²) in [7, 11) is 0. The third-order valence-electron chi connectivity index (χ3n) is 5.24. The Kier molecular flexibility index (Phi) is 8.72. The highest BCUT2D eigenvalue weighted by atomic mass is 79.9. The fourth-order valence-corrected chi connectivity index (χ4v) is 3.89. The van der Waals surface area contributed by atoms with Gasteiger partial charge in [0.15, 0.2) is 0 Å². The fourth-order valence-electron chi connectivity index (χ4n) is 3.39. The van der Waals surface area contributed by atoms with Crippen molar-refractivity contribution in [1.29, 1.82) is 0 Å². The summed E-state index contributed by atoms with van der Waals surface area (Å²) in [5, 5.41) is 4.71. The Labute approximate surface area is 228 Å². The number of hydrogen-bond acceptors (Lipinski definition) is 5. The van der Waals surface area contributed by atoms with Gasteiger partial charge in [0, 0.05) is 15.1 Å². The SMILES string of the molecule is Cc1cccc(C(=O)Oc2ccc(Br)cc2/C=N\NC(=O)c2ccccc2OCc2ccc(Cl)cc2)c1. The molecule has 1 amide bonds. The van der Waals surface area contributed by atoms with Gasteiger partial charge in [-0.1, -0.05) is 69.5 Å². The van der Waals surface area contributed by atoms with Gasteiger partial charge in [0.05, 0.1) is 17.3 Å². The molecule has 0 bridgehead atoms. The zero-order chi connectivity index (χ0) is 26.2. The monoisotopic (exact) mass is 576 g/mol. The van der Waals surface area contributed by atoms with E-state index in [1.807, 2.05) is 25.1 Å². The topological polar surface area (TPSA) is 77.0 Å². The molecule has 0 saturated heterocycles. The van der Waals surface area contributed by atoms with E-state index < -0.39 is 11.9 Å². The van der Waals surface area contributed by atoms with Crippen LogP contribution in [-0.4, -0.2) is 18.1 Å². The lowest BCUT2D eigenvalue weighted by Crippen LogP contribution is -2.19. The molecule has 4 aromatic rings. The van der Waals surface area contributed by atoms with E-state index in [2.05, 4.69) is 26.5 Å². The number of carbonyl (C=O) groups excluding carboxylic acids is 2. The number of nitrogens with zero attached hydrogens (tertiary/aromatic N) is 1. The van der Waals surface area contributed by atoms with Crippen LogP contribution in [0.1, 0.15) is 37.4 Å². The van der Waals surface area contributed by atoms with Crippen LogP contribution in [0, 0.1) is 6.92 Å². The van der Waals surface area contributed by atoms with Gasteiger partial charge in [-0.2, -0.15) is 5.10 Å². The lowest BCUT2D eigenvalue weighted by molar-refractivity contribution is 0.0734. The van der Waals surface area contributed by atoms with Crippen molar-refractivity contribution in [3.8, 4) is 11.5 Å². The standard InChI is InChI=1S/C29H22BrClN2O4/c1-19-5-4-6-21(15-19)29(35)37-26-14-11-23(30)16-22(26)17-32-33-28(34)25-7-2-3-8-27(25)36-18-20-9-12-24(31)13-10-20/h2-17H,18H2,1H3,(H,33,34)/b32-17-. The molecule has 0 saturated carbocycles. The molecule has 0 heterocycles. The highest BCUT2D eigenvalue weighted by Crippen LogP contribution is 2.24. The van der Waals surface area contributed by atoms with Gasteiger partial charge in [-0.05, 0) is 67.1 Å². The molecule has 0 atom stereocenters. The molecule has 0 aliphatic carbocycles. The number of hydrogen-bond donors (Lipinski definition) is 1. The molecule has 0 aliphatic rings. The Hall–Kier alpha value is -3.94. The second-order valence-electron chi connectivity index (χ2n) is 8.05. The number of ether oxygens (including phenoxy) is 2. The average molecular weight is 578 g/mol. The van der Waals surface area contributed by atoms with E-state index in [1.54, 1.807) is 72.8 Å². The van der Waals surface area contributed by atoms with E-state index in [9.17, 15) is 9.59 Å². The maximum Gasteiger partial charge on any atom is 0.343 e. The van der Waals surface area contributed by atoms with Gasteiger partial charge < -0.3 is 9.47 Å². The number of nitrogens with one attached hydrogen (secondary N) is 1. The Morgan fingerprint density at radius 2 is 1.73 bits per heavy atom. The fraction of sp³-hybridized carbons (Fsp3) is 0.0690. The largest absolute Gasteiger partial charge is 0.488 e. The number of para-hydroxylation sites is 1. The lowest BCUT2D eigenvalue weighted by Gasteiger charge is -2.11. The van der Waals surface area contributed by atoms with Gasteiger partial charge in [-0.25, -0.2) is 10.2 Å². The van der Waals surface area contributed by atoms with Crippen molar-refractivity contribution in [3.63, 3.8) is 0 Å². The summed E-state index contributed by atoms with van der Waals surface area (Å²) >= 11 is 9.34. The summed E-state index contributed by atoms with van der Waals surface area (Å²) in [6.07, 6.45) is 1.42. The van der Waals surface area contributed by atoms with E-state index in [-0.39, 0.29) is 6.61 Å². The number of benzene rings is 4. The number of amides is 1. The molecular formula is C29H22BrClN2O4. The third kappa shape index (κ3) is 7.29. The van der Waals surface area contributed by atoms with E-state index in [4.69, 9.17) is 21.1 Å². The summed E-state index contributed by atoms with van der Waals surface area (Å²) in [5.41, 5.74) is 5.65. The molecule has 4 aromatic carbocycles. The predicted octanol–water partition coefficient (Wildman–Crippen LogP) is 6.97. The van der Waals surface area contributed by atoms with Crippen LogP contribution in [0.5, 0.6) is 11.5 Å². The van der Waals surface area contributed by atoms with Crippen LogP contribution in [0.25, 0.3) is 0 Å². The number of aryl methyl sites for hydroxylation is 1. The second kappa shape index (κ2) is 12.3. The molecule has 0 fully saturated rings. The Bertz CT molecular complexity index is 1450. The molecule has 6 nitrogen and oxygen atoms in total. The van der Waals surface area contributed by atoms with Crippen molar-refractivity contribution in [1.82, 2.24) is 5.43 Å². The molecule has 0 aromatic heterocycles. The Balaban J connectivity index is 1.44. The van der Waals surface area contributed by atoms with Crippen LogP contribution in [0.4, 0.5) is 0 Å². The lowest BCUT2D eigenvalue weighted by atomic mass is 10.1. The maximum absolute atomic E-state index is 12.8. The maximum atomic E-state index is 12.8.